The highest BCUT2D eigenvalue weighted by molar-refractivity contribution is 5.93. The highest BCUT2D eigenvalue weighted by Gasteiger charge is 2.12. The Morgan fingerprint density at radius 2 is 2.16 bits per heavy atom. The Bertz CT molecular complexity index is 524. The number of rotatable bonds is 4. The topological polar surface area (TPSA) is 73.9 Å². The molecule has 0 fully saturated rings. The van der Waals surface area contributed by atoms with Crippen LogP contribution < -0.4 is 14.8 Å². The van der Waals surface area contributed by atoms with E-state index in [-0.39, 0.29) is 19.2 Å². The van der Waals surface area contributed by atoms with Crippen molar-refractivity contribution in [3.05, 3.63) is 29.8 Å². The van der Waals surface area contributed by atoms with Crippen molar-refractivity contribution in [1.29, 1.82) is 0 Å². The van der Waals surface area contributed by atoms with Gasteiger partial charge in [-0.3, -0.25) is 9.59 Å². The van der Waals surface area contributed by atoms with Crippen LogP contribution in [0.3, 0.4) is 0 Å². The summed E-state index contributed by atoms with van der Waals surface area (Å²) in [7, 11) is 1.26. The minimum Gasteiger partial charge on any atom is -0.468 e. The van der Waals surface area contributed by atoms with Gasteiger partial charge in [-0.25, -0.2) is 0 Å². The molecule has 0 atom stereocenters. The minimum atomic E-state index is -0.496. The fraction of sp³-hybridized carbons (Fsp3) is 0.231. The summed E-state index contributed by atoms with van der Waals surface area (Å²) in [6.45, 7) is 0.0585. The van der Waals surface area contributed by atoms with Gasteiger partial charge in [0.25, 0.3) is 0 Å². The third-order valence-electron chi connectivity index (χ3n) is 2.46. The maximum atomic E-state index is 11.4. The molecule has 0 unspecified atom stereocenters. The van der Waals surface area contributed by atoms with Gasteiger partial charge >= 0.3 is 5.97 Å². The first-order valence-electron chi connectivity index (χ1n) is 5.61. The maximum absolute atomic E-state index is 11.4. The number of methoxy groups -OCH3 is 1. The summed E-state index contributed by atoms with van der Waals surface area (Å²) in [6, 6.07) is 5.35. The number of hydrogen-bond acceptors (Lipinski definition) is 5. The van der Waals surface area contributed by atoms with Crippen LogP contribution >= 0.6 is 0 Å². The average Bonchev–Trinajstić information content (AvgIpc) is 2.89. The second-order valence-corrected chi connectivity index (χ2v) is 3.74. The summed E-state index contributed by atoms with van der Waals surface area (Å²) in [5.41, 5.74) is 0.803. The Labute approximate surface area is 110 Å². The second-order valence-electron chi connectivity index (χ2n) is 3.74. The third kappa shape index (κ3) is 3.48. The molecule has 0 saturated heterocycles. The number of ether oxygens (including phenoxy) is 3. The summed E-state index contributed by atoms with van der Waals surface area (Å²) in [4.78, 5) is 22.2. The summed E-state index contributed by atoms with van der Waals surface area (Å²) in [6.07, 6.45) is 2.95. The fourth-order valence-electron chi connectivity index (χ4n) is 1.48. The molecule has 0 saturated carbocycles. The first-order valence-corrected chi connectivity index (χ1v) is 5.61. The molecule has 1 amide bonds. The minimum absolute atomic E-state index is 0.152. The molecular formula is C13H13NO5. The largest absolute Gasteiger partial charge is 0.468 e. The molecular weight excluding hydrogens is 250 g/mol. The van der Waals surface area contributed by atoms with Crippen molar-refractivity contribution in [1.82, 2.24) is 5.32 Å². The molecule has 0 bridgehead atoms. The van der Waals surface area contributed by atoms with E-state index in [1.54, 1.807) is 24.3 Å². The second kappa shape index (κ2) is 5.90. The van der Waals surface area contributed by atoms with Gasteiger partial charge in [-0.15, -0.1) is 0 Å². The van der Waals surface area contributed by atoms with Crippen molar-refractivity contribution in [2.75, 3.05) is 20.4 Å². The monoisotopic (exact) mass is 263 g/mol. The first-order chi connectivity index (χ1) is 9.19. The Kier molecular flexibility index (Phi) is 4.02. The highest BCUT2D eigenvalue weighted by atomic mass is 16.7. The average molecular weight is 263 g/mol. The van der Waals surface area contributed by atoms with Crippen LogP contribution in [-0.2, 0) is 14.3 Å². The fourth-order valence-corrected chi connectivity index (χ4v) is 1.48. The van der Waals surface area contributed by atoms with Gasteiger partial charge < -0.3 is 19.5 Å². The van der Waals surface area contributed by atoms with E-state index in [2.05, 4.69) is 10.1 Å². The van der Waals surface area contributed by atoms with E-state index in [1.807, 2.05) is 0 Å². The van der Waals surface area contributed by atoms with Crippen LogP contribution in [0.15, 0.2) is 24.3 Å². The Hall–Kier alpha value is -2.50. The van der Waals surface area contributed by atoms with Crippen LogP contribution in [0.5, 0.6) is 11.5 Å². The highest BCUT2D eigenvalue weighted by Crippen LogP contribution is 2.32. The number of nitrogens with one attached hydrogen (secondary N) is 1. The molecule has 0 aliphatic carbocycles. The molecule has 0 radical (unpaired) electrons. The zero-order chi connectivity index (χ0) is 13.7. The maximum Gasteiger partial charge on any atom is 0.325 e. The normalized spacial score (nSPS) is 12.5. The smallest absolute Gasteiger partial charge is 0.325 e. The van der Waals surface area contributed by atoms with E-state index in [1.165, 1.54) is 13.2 Å². The van der Waals surface area contributed by atoms with Crippen LogP contribution in [-0.4, -0.2) is 32.3 Å². The molecule has 0 spiro atoms. The van der Waals surface area contributed by atoms with E-state index in [4.69, 9.17) is 9.47 Å². The van der Waals surface area contributed by atoms with Gasteiger partial charge in [0, 0.05) is 6.08 Å². The molecule has 2 rings (SSSR count). The van der Waals surface area contributed by atoms with Gasteiger partial charge in [0.15, 0.2) is 11.5 Å². The third-order valence-corrected chi connectivity index (χ3v) is 2.46. The van der Waals surface area contributed by atoms with Crippen LogP contribution in [0.1, 0.15) is 5.56 Å². The van der Waals surface area contributed by atoms with E-state index >= 15 is 0 Å². The molecule has 1 heterocycles. The number of esters is 1. The predicted octanol–water partition coefficient (Wildman–Crippen LogP) is 0.718. The lowest BCUT2D eigenvalue weighted by molar-refractivity contribution is -0.140. The molecule has 19 heavy (non-hydrogen) atoms. The predicted molar refractivity (Wildman–Crippen MR) is 66.6 cm³/mol. The van der Waals surface area contributed by atoms with Crippen LogP contribution in [0.25, 0.3) is 6.08 Å². The first kappa shape index (κ1) is 12.9. The van der Waals surface area contributed by atoms with Crippen molar-refractivity contribution in [3.8, 4) is 11.5 Å². The van der Waals surface area contributed by atoms with Gasteiger partial charge in [0.2, 0.25) is 12.7 Å². The Balaban J connectivity index is 1.91. The van der Waals surface area contributed by atoms with E-state index in [0.717, 1.165) is 5.56 Å². The molecule has 6 nitrogen and oxygen atoms in total. The standard InChI is InChI=1S/C13H13NO5/c1-17-13(16)7-14-12(15)5-3-9-2-4-10-11(6-9)19-8-18-10/h2-6H,7-8H2,1H3,(H,14,15). The van der Waals surface area contributed by atoms with Crippen molar-refractivity contribution in [3.63, 3.8) is 0 Å². The number of fused-ring (bicyclic) bond motifs is 1. The lowest BCUT2D eigenvalue weighted by atomic mass is 10.2. The molecule has 1 aromatic carbocycles. The molecule has 6 heteroatoms. The SMILES string of the molecule is COC(=O)CNC(=O)C=Cc1ccc2c(c1)OCO2. The van der Waals surface area contributed by atoms with Crippen molar-refractivity contribution < 1.29 is 23.8 Å². The summed E-state index contributed by atoms with van der Waals surface area (Å²) >= 11 is 0. The van der Waals surface area contributed by atoms with Gasteiger partial charge in [0.05, 0.1) is 7.11 Å². The number of hydrogen-bond donors (Lipinski definition) is 1. The van der Waals surface area contributed by atoms with E-state index in [0.29, 0.717) is 11.5 Å². The van der Waals surface area contributed by atoms with Gasteiger partial charge in [-0.2, -0.15) is 0 Å². The zero-order valence-electron chi connectivity index (χ0n) is 10.3. The molecule has 1 aliphatic rings. The van der Waals surface area contributed by atoms with Crippen molar-refractivity contribution in [2.24, 2.45) is 0 Å². The van der Waals surface area contributed by atoms with Crippen molar-refractivity contribution >= 4 is 18.0 Å². The summed E-state index contributed by atoms with van der Waals surface area (Å²) in [5.74, 6) is 0.470. The lowest BCUT2D eigenvalue weighted by Gasteiger charge is -2.00. The lowest BCUT2D eigenvalue weighted by Crippen LogP contribution is -2.28. The molecule has 1 aromatic rings. The Morgan fingerprint density at radius 3 is 2.95 bits per heavy atom. The molecule has 100 valence electrons. The Morgan fingerprint density at radius 1 is 1.37 bits per heavy atom. The van der Waals surface area contributed by atoms with E-state index < -0.39 is 5.97 Å². The number of benzene rings is 1. The summed E-state index contributed by atoms with van der Waals surface area (Å²) in [5, 5.41) is 2.40. The quantitative estimate of drug-likeness (QED) is 0.640. The van der Waals surface area contributed by atoms with Gasteiger partial charge in [0.1, 0.15) is 6.54 Å². The number of carbonyl (C=O) groups is 2. The molecule has 1 aliphatic heterocycles. The van der Waals surface area contributed by atoms with Crippen LogP contribution in [0, 0.1) is 0 Å². The van der Waals surface area contributed by atoms with Gasteiger partial charge in [-0.05, 0) is 23.8 Å². The number of carbonyl (C=O) groups excluding carboxylic acids is 2. The number of amides is 1. The molecule has 1 N–H and O–H groups in total. The van der Waals surface area contributed by atoms with Crippen molar-refractivity contribution in [2.45, 2.75) is 0 Å². The van der Waals surface area contributed by atoms with Gasteiger partial charge in [-0.1, -0.05) is 6.07 Å². The van der Waals surface area contributed by atoms with Crippen LogP contribution in [0.4, 0.5) is 0 Å². The molecule has 0 aromatic heterocycles. The van der Waals surface area contributed by atoms with Crippen LogP contribution in [0.2, 0.25) is 0 Å². The van der Waals surface area contributed by atoms with E-state index in [9.17, 15) is 9.59 Å². The zero-order valence-corrected chi connectivity index (χ0v) is 10.3. The summed E-state index contributed by atoms with van der Waals surface area (Å²) < 4.78 is 14.8.